The Bertz CT molecular complexity index is 668. The van der Waals surface area contributed by atoms with E-state index in [0.29, 0.717) is 29.9 Å². The van der Waals surface area contributed by atoms with E-state index in [0.717, 1.165) is 6.42 Å². The number of benzene rings is 1. The van der Waals surface area contributed by atoms with Crippen LogP contribution in [0.4, 0.5) is 0 Å². The van der Waals surface area contributed by atoms with E-state index in [2.05, 4.69) is 10.6 Å². The lowest BCUT2D eigenvalue weighted by Gasteiger charge is -2.38. The molecule has 8 heteroatoms. The van der Waals surface area contributed by atoms with Gasteiger partial charge in [-0.25, -0.2) is 4.79 Å². The van der Waals surface area contributed by atoms with Crippen molar-refractivity contribution in [3.8, 4) is 11.5 Å². The molecule has 2 amide bonds. The van der Waals surface area contributed by atoms with Gasteiger partial charge in [0, 0.05) is 5.56 Å². The fourth-order valence-corrected chi connectivity index (χ4v) is 2.53. The minimum absolute atomic E-state index is 0.111. The number of ether oxygens (including phenoxy) is 2. The summed E-state index contributed by atoms with van der Waals surface area (Å²) >= 11 is 0. The monoisotopic (exact) mass is 320 g/mol. The Morgan fingerprint density at radius 2 is 1.91 bits per heavy atom. The summed E-state index contributed by atoms with van der Waals surface area (Å²) < 4.78 is 10.3. The predicted molar refractivity (Wildman–Crippen MR) is 77.3 cm³/mol. The van der Waals surface area contributed by atoms with Gasteiger partial charge in [-0.3, -0.25) is 9.59 Å². The average molecular weight is 320 g/mol. The minimum atomic E-state index is -1.18. The third-order valence-corrected chi connectivity index (χ3v) is 4.04. The number of carbonyl (C=O) groups excluding carboxylic acids is 2. The highest BCUT2D eigenvalue weighted by atomic mass is 16.7. The number of hydrogen-bond donors (Lipinski definition) is 3. The second-order valence-corrected chi connectivity index (χ2v) is 5.54. The zero-order valence-electron chi connectivity index (χ0n) is 12.3. The summed E-state index contributed by atoms with van der Waals surface area (Å²) in [5.41, 5.74) is -0.848. The van der Waals surface area contributed by atoms with E-state index in [4.69, 9.17) is 14.6 Å². The third-order valence-electron chi connectivity index (χ3n) is 4.04. The molecule has 0 radical (unpaired) electrons. The third kappa shape index (κ3) is 2.92. The molecule has 0 atom stereocenters. The Hall–Kier alpha value is -2.77. The first-order valence-electron chi connectivity index (χ1n) is 7.22. The second-order valence-electron chi connectivity index (χ2n) is 5.54. The van der Waals surface area contributed by atoms with Crippen LogP contribution in [0.3, 0.4) is 0 Å². The molecule has 1 saturated carbocycles. The Morgan fingerprint density at radius 1 is 1.17 bits per heavy atom. The van der Waals surface area contributed by atoms with Crippen molar-refractivity contribution in [2.24, 2.45) is 0 Å². The fourth-order valence-electron chi connectivity index (χ4n) is 2.53. The smallest absolute Gasteiger partial charge is 0.329 e. The summed E-state index contributed by atoms with van der Waals surface area (Å²) in [6.45, 7) is -0.178. The standard InChI is InChI=1S/C15H16N2O6/c18-12(17-15(14(20)21)4-1-5-15)7-16-13(19)9-2-3-10-11(6-9)23-8-22-10/h2-3,6H,1,4-5,7-8H2,(H,16,19)(H,17,18)(H,20,21). The Kier molecular flexibility index (Phi) is 3.81. The van der Waals surface area contributed by atoms with Gasteiger partial charge in [0.2, 0.25) is 12.7 Å². The van der Waals surface area contributed by atoms with Crippen molar-refractivity contribution in [1.82, 2.24) is 10.6 Å². The maximum Gasteiger partial charge on any atom is 0.329 e. The molecule has 1 fully saturated rings. The Labute approximate surface area is 131 Å². The minimum Gasteiger partial charge on any atom is -0.480 e. The average Bonchev–Trinajstić information content (AvgIpc) is 2.95. The maximum absolute atomic E-state index is 12.0. The van der Waals surface area contributed by atoms with Crippen LogP contribution in [0.5, 0.6) is 11.5 Å². The summed E-state index contributed by atoms with van der Waals surface area (Å²) in [5.74, 6) is -0.981. The summed E-state index contributed by atoms with van der Waals surface area (Å²) in [5, 5.41) is 14.1. The van der Waals surface area contributed by atoms with Gasteiger partial charge in [-0.1, -0.05) is 0 Å². The molecular weight excluding hydrogens is 304 g/mol. The van der Waals surface area contributed by atoms with E-state index in [9.17, 15) is 14.4 Å². The second kappa shape index (κ2) is 5.79. The summed E-state index contributed by atoms with van der Waals surface area (Å²) in [4.78, 5) is 35.1. The molecule has 0 bridgehead atoms. The van der Waals surface area contributed by atoms with Crippen LogP contribution in [0.25, 0.3) is 0 Å². The number of carbonyl (C=O) groups is 3. The van der Waals surface area contributed by atoms with Gasteiger partial charge in [0.25, 0.3) is 5.91 Å². The topological polar surface area (TPSA) is 114 Å². The van der Waals surface area contributed by atoms with E-state index in [-0.39, 0.29) is 13.3 Å². The largest absolute Gasteiger partial charge is 0.480 e. The van der Waals surface area contributed by atoms with Crippen molar-refractivity contribution in [2.75, 3.05) is 13.3 Å². The lowest BCUT2D eigenvalue weighted by Crippen LogP contribution is -2.60. The first kappa shape index (κ1) is 15.1. The molecule has 3 N–H and O–H groups in total. The molecule has 0 aromatic heterocycles. The number of rotatable bonds is 5. The molecular formula is C15H16N2O6. The molecule has 23 heavy (non-hydrogen) atoms. The zero-order valence-corrected chi connectivity index (χ0v) is 12.3. The number of carboxylic acid groups (broad SMARTS) is 1. The van der Waals surface area contributed by atoms with Crippen LogP contribution in [-0.2, 0) is 9.59 Å². The van der Waals surface area contributed by atoms with E-state index in [1.54, 1.807) is 12.1 Å². The molecule has 1 aliphatic carbocycles. The van der Waals surface area contributed by atoms with E-state index in [1.165, 1.54) is 6.07 Å². The number of nitrogens with one attached hydrogen (secondary N) is 2. The SMILES string of the molecule is O=C(CNC(=O)c1ccc2c(c1)OCO2)NC1(C(=O)O)CCC1. The molecule has 8 nitrogen and oxygen atoms in total. The predicted octanol–water partition coefficient (Wildman–Crippen LogP) is 0.269. The number of amides is 2. The number of aliphatic carboxylic acids is 1. The van der Waals surface area contributed by atoms with Crippen LogP contribution in [0, 0.1) is 0 Å². The van der Waals surface area contributed by atoms with Gasteiger partial charge in [0.1, 0.15) is 5.54 Å². The van der Waals surface area contributed by atoms with Gasteiger partial charge in [0.05, 0.1) is 6.54 Å². The van der Waals surface area contributed by atoms with Crippen LogP contribution in [0.2, 0.25) is 0 Å². The molecule has 0 unspecified atom stereocenters. The molecule has 122 valence electrons. The summed E-state index contributed by atoms with van der Waals surface area (Å²) in [6, 6.07) is 4.71. The Balaban J connectivity index is 1.54. The highest BCUT2D eigenvalue weighted by Gasteiger charge is 2.45. The van der Waals surface area contributed by atoms with E-state index >= 15 is 0 Å². The van der Waals surface area contributed by atoms with Crippen molar-refractivity contribution in [1.29, 1.82) is 0 Å². The van der Waals surface area contributed by atoms with E-state index < -0.39 is 23.3 Å². The number of carboxylic acids is 1. The molecule has 2 aliphatic rings. The highest BCUT2D eigenvalue weighted by Crippen LogP contribution is 2.33. The van der Waals surface area contributed by atoms with Crippen molar-refractivity contribution < 1.29 is 29.0 Å². The zero-order chi connectivity index (χ0) is 16.4. The van der Waals surface area contributed by atoms with Crippen LogP contribution in [-0.4, -0.2) is 41.8 Å². The van der Waals surface area contributed by atoms with Crippen LogP contribution < -0.4 is 20.1 Å². The van der Waals surface area contributed by atoms with E-state index in [1.807, 2.05) is 0 Å². The summed E-state index contributed by atoms with van der Waals surface area (Å²) in [6.07, 6.45) is 1.57. The molecule has 1 aliphatic heterocycles. The molecule has 3 rings (SSSR count). The van der Waals surface area contributed by atoms with Gasteiger partial charge in [-0.2, -0.15) is 0 Å². The van der Waals surface area contributed by atoms with Gasteiger partial charge in [0.15, 0.2) is 11.5 Å². The molecule has 0 saturated heterocycles. The number of fused-ring (bicyclic) bond motifs is 1. The van der Waals surface area contributed by atoms with Crippen LogP contribution in [0.15, 0.2) is 18.2 Å². The summed E-state index contributed by atoms with van der Waals surface area (Å²) in [7, 11) is 0. The molecule has 1 aromatic rings. The lowest BCUT2D eigenvalue weighted by atomic mass is 9.77. The van der Waals surface area contributed by atoms with Crippen molar-refractivity contribution in [3.05, 3.63) is 23.8 Å². The van der Waals surface area contributed by atoms with Gasteiger partial charge in [-0.05, 0) is 37.5 Å². The highest BCUT2D eigenvalue weighted by molar-refractivity contribution is 5.97. The first-order chi connectivity index (χ1) is 11.0. The maximum atomic E-state index is 12.0. The van der Waals surface area contributed by atoms with Gasteiger partial charge < -0.3 is 25.2 Å². The van der Waals surface area contributed by atoms with Crippen molar-refractivity contribution >= 4 is 17.8 Å². The number of hydrogen-bond acceptors (Lipinski definition) is 5. The first-order valence-corrected chi connectivity index (χ1v) is 7.22. The van der Waals surface area contributed by atoms with Crippen molar-refractivity contribution in [2.45, 2.75) is 24.8 Å². The van der Waals surface area contributed by atoms with Crippen LogP contribution >= 0.6 is 0 Å². The normalized spacial score (nSPS) is 17.0. The molecule has 1 heterocycles. The Morgan fingerprint density at radius 3 is 2.57 bits per heavy atom. The fraction of sp³-hybridized carbons (Fsp3) is 0.400. The van der Waals surface area contributed by atoms with Gasteiger partial charge in [-0.15, -0.1) is 0 Å². The lowest BCUT2D eigenvalue weighted by molar-refractivity contribution is -0.151. The van der Waals surface area contributed by atoms with Gasteiger partial charge >= 0.3 is 5.97 Å². The van der Waals surface area contributed by atoms with Crippen LogP contribution in [0.1, 0.15) is 29.6 Å². The quantitative estimate of drug-likeness (QED) is 0.717. The molecule has 0 spiro atoms. The molecule has 1 aromatic carbocycles. The van der Waals surface area contributed by atoms with Crippen molar-refractivity contribution in [3.63, 3.8) is 0 Å².